The number of carbonyl (C=O) groups excluding carboxylic acids is 2. The number of unbranched alkanes of at least 4 members (excludes halogenated alkanes) is 2. The lowest BCUT2D eigenvalue weighted by atomic mass is 10.0. The number of hydrogen-bond donors (Lipinski definition) is 2. The first-order chi connectivity index (χ1) is 10.5. The van der Waals surface area contributed by atoms with Crippen LogP contribution in [0, 0.1) is 0 Å². The highest BCUT2D eigenvalue weighted by Gasteiger charge is 2.11. The number of guanidine groups is 1. The van der Waals surface area contributed by atoms with Gasteiger partial charge in [-0.2, -0.15) is 0 Å². The van der Waals surface area contributed by atoms with Crippen LogP contribution in [0.15, 0.2) is 4.99 Å². The highest BCUT2D eigenvalue weighted by molar-refractivity contribution is 5.87. The van der Waals surface area contributed by atoms with Crippen molar-refractivity contribution < 1.29 is 9.59 Å². The maximum Gasteiger partial charge on any atom is 0.216 e. The third-order valence-electron chi connectivity index (χ3n) is 3.47. The van der Waals surface area contributed by atoms with Crippen LogP contribution in [-0.2, 0) is 9.59 Å². The van der Waals surface area contributed by atoms with Gasteiger partial charge >= 0.3 is 0 Å². The summed E-state index contributed by atoms with van der Waals surface area (Å²) in [5.74, 6) is 0.216. The van der Waals surface area contributed by atoms with Crippen molar-refractivity contribution in [2.75, 3.05) is 13.1 Å². The van der Waals surface area contributed by atoms with Gasteiger partial charge in [-0.3, -0.25) is 14.5 Å². The lowest BCUT2D eigenvalue weighted by Crippen LogP contribution is -2.39. The lowest BCUT2D eigenvalue weighted by molar-refractivity contribution is -0.118. The van der Waals surface area contributed by atoms with Crippen LogP contribution in [0.2, 0.25) is 0 Å². The molecule has 6 heteroatoms. The third-order valence-corrected chi connectivity index (χ3v) is 3.47. The molecule has 0 unspecified atom stereocenters. The van der Waals surface area contributed by atoms with E-state index in [1.165, 1.54) is 11.8 Å². The molecule has 0 aliphatic carbocycles. The monoisotopic (exact) mass is 312 g/mol. The first kappa shape index (κ1) is 20.4. The van der Waals surface area contributed by atoms with Crippen molar-refractivity contribution in [3.05, 3.63) is 0 Å². The average molecular weight is 312 g/mol. The molecule has 0 radical (unpaired) electrons. The zero-order chi connectivity index (χ0) is 16.8. The van der Waals surface area contributed by atoms with Crippen molar-refractivity contribution >= 4 is 18.3 Å². The summed E-state index contributed by atoms with van der Waals surface area (Å²) >= 11 is 0. The molecule has 0 bridgehead atoms. The first-order valence-corrected chi connectivity index (χ1v) is 8.34. The summed E-state index contributed by atoms with van der Waals surface area (Å²) in [7, 11) is 0. The quantitative estimate of drug-likeness (QED) is 0.250. The molecule has 0 aliphatic rings. The van der Waals surface area contributed by atoms with Crippen molar-refractivity contribution in [2.45, 2.75) is 71.8 Å². The largest absolute Gasteiger partial charge is 0.369 e. The molecule has 0 atom stereocenters. The van der Waals surface area contributed by atoms with Gasteiger partial charge in [0.25, 0.3) is 0 Å². The molecule has 0 aliphatic heterocycles. The van der Waals surface area contributed by atoms with Crippen molar-refractivity contribution in [1.82, 2.24) is 10.2 Å². The van der Waals surface area contributed by atoms with Gasteiger partial charge in [0, 0.05) is 20.0 Å². The normalized spacial score (nSPS) is 11.5. The van der Waals surface area contributed by atoms with Crippen LogP contribution in [0.4, 0.5) is 0 Å². The van der Waals surface area contributed by atoms with E-state index in [0.717, 1.165) is 38.5 Å². The van der Waals surface area contributed by atoms with Crippen molar-refractivity contribution in [3.8, 4) is 0 Å². The van der Waals surface area contributed by atoms with Crippen LogP contribution in [0.5, 0.6) is 0 Å². The molecule has 22 heavy (non-hydrogen) atoms. The van der Waals surface area contributed by atoms with E-state index in [4.69, 9.17) is 5.73 Å². The second-order valence-electron chi connectivity index (χ2n) is 5.56. The zero-order valence-electron chi connectivity index (χ0n) is 14.3. The number of nitrogens with zero attached hydrogens (tertiary/aromatic N) is 2. The molecule has 3 N–H and O–H groups in total. The summed E-state index contributed by atoms with van der Waals surface area (Å²) in [5.41, 5.74) is 5.97. The Morgan fingerprint density at radius 2 is 1.82 bits per heavy atom. The number of aliphatic imine (C=N–C) groups is 1. The Hall–Kier alpha value is -1.59. The maximum absolute atomic E-state index is 11.2. The second-order valence-corrected chi connectivity index (χ2v) is 5.56. The van der Waals surface area contributed by atoms with E-state index in [-0.39, 0.29) is 17.9 Å². The minimum atomic E-state index is -0.0708. The van der Waals surface area contributed by atoms with E-state index in [1.54, 1.807) is 0 Å². The van der Waals surface area contributed by atoms with Crippen LogP contribution in [0.25, 0.3) is 0 Å². The predicted molar refractivity (Wildman–Crippen MR) is 90.5 cm³/mol. The molecule has 0 spiro atoms. The van der Waals surface area contributed by atoms with Crippen LogP contribution in [0.1, 0.15) is 65.7 Å². The number of nitrogens with one attached hydrogen (secondary N) is 1. The van der Waals surface area contributed by atoms with Gasteiger partial charge in [-0.15, -0.1) is 0 Å². The van der Waals surface area contributed by atoms with Crippen molar-refractivity contribution in [3.63, 3.8) is 0 Å². The average Bonchev–Trinajstić information content (AvgIpc) is 2.49. The Morgan fingerprint density at radius 3 is 2.27 bits per heavy atom. The Morgan fingerprint density at radius 1 is 1.23 bits per heavy atom. The van der Waals surface area contributed by atoms with Gasteiger partial charge in [0.1, 0.15) is 0 Å². The summed E-state index contributed by atoms with van der Waals surface area (Å²) in [6.07, 6.45) is 7.89. The molecular formula is C16H32N4O2. The van der Waals surface area contributed by atoms with E-state index >= 15 is 0 Å². The predicted octanol–water partition coefficient (Wildman–Crippen LogP) is 2.03. The van der Waals surface area contributed by atoms with Gasteiger partial charge in [-0.1, -0.05) is 39.5 Å². The Balaban J connectivity index is 4.47. The Labute approximate surface area is 134 Å². The summed E-state index contributed by atoms with van der Waals surface area (Å²) in [6, 6.07) is 0.192. The summed E-state index contributed by atoms with van der Waals surface area (Å²) in [4.78, 5) is 27.9. The fourth-order valence-corrected chi connectivity index (χ4v) is 2.15. The number of rotatable bonds is 12. The fourth-order valence-electron chi connectivity index (χ4n) is 2.15. The molecule has 0 fully saturated rings. The summed E-state index contributed by atoms with van der Waals surface area (Å²) < 4.78 is 0. The Kier molecular flexibility index (Phi) is 12.2. The summed E-state index contributed by atoms with van der Waals surface area (Å²) in [5, 5.41) is 2.70. The smallest absolute Gasteiger partial charge is 0.216 e. The molecule has 6 nitrogen and oxygen atoms in total. The van der Waals surface area contributed by atoms with Gasteiger partial charge in [-0.25, -0.2) is 4.99 Å². The van der Waals surface area contributed by atoms with E-state index in [2.05, 4.69) is 24.2 Å². The second kappa shape index (κ2) is 13.1. The number of nitrogens with two attached hydrogens (primary N) is 1. The minimum absolute atomic E-state index is 0.0708. The number of amides is 2. The molecule has 0 rings (SSSR count). The minimum Gasteiger partial charge on any atom is -0.369 e. The van der Waals surface area contributed by atoms with E-state index < -0.39 is 0 Å². The zero-order valence-corrected chi connectivity index (χ0v) is 14.3. The highest BCUT2D eigenvalue weighted by Crippen LogP contribution is 2.12. The maximum atomic E-state index is 11.2. The fraction of sp³-hybridized carbons (Fsp3) is 0.812. The topological polar surface area (TPSA) is 87.8 Å². The molecule has 0 aromatic carbocycles. The highest BCUT2D eigenvalue weighted by atomic mass is 16.1. The number of carbonyl (C=O) groups is 2. The molecule has 0 heterocycles. The molecule has 0 saturated heterocycles. The van der Waals surface area contributed by atoms with Crippen molar-refractivity contribution in [2.24, 2.45) is 10.7 Å². The molecule has 0 aromatic rings. The van der Waals surface area contributed by atoms with Crippen molar-refractivity contribution in [1.29, 1.82) is 0 Å². The van der Waals surface area contributed by atoms with Gasteiger partial charge in [0.2, 0.25) is 12.3 Å². The van der Waals surface area contributed by atoms with Gasteiger partial charge in [-0.05, 0) is 19.3 Å². The van der Waals surface area contributed by atoms with E-state index in [9.17, 15) is 9.59 Å². The van der Waals surface area contributed by atoms with E-state index in [1.807, 2.05) is 0 Å². The first-order valence-electron chi connectivity index (χ1n) is 8.34. The van der Waals surface area contributed by atoms with Crippen LogP contribution in [-0.4, -0.2) is 42.3 Å². The standard InChI is InChI=1S/C16H32N4O2/c1-4-6-9-15(10-7-5-2)19-16(17)20(13-21)12-8-11-18-14(3)22/h13,15H,4-12H2,1-3H3,(H2,17,19)(H,18,22). The van der Waals surface area contributed by atoms with E-state index in [0.29, 0.717) is 25.9 Å². The molecule has 0 saturated carbocycles. The van der Waals surface area contributed by atoms with Gasteiger partial charge in [0.15, 0.2) is 5.96 Å². The SMILES string of the molecule is CCCCC(CCCC)N=C(N)N(C=O)CCCNC(C)=O. The van der Waals surface area contributed by atoms with Crippen LogP contribution < -0.4 is 11.1 Å². The molecule has 0 aromatic heterocycles. The number of hydrogen-bond acceptors (Lipinski definition) is 3. The summed E-state index contributed by atoms with van der Waals surface area (Å²) in [6.45, 7) is 6.78. The third kappa shape index (κ3) is 10.2. The molecule has 128 valence electrons. The van der Waals surface area contributed by atoms with Gasteiger partial charge < -0.3 is 11.1 Å². The van der Waals surface area contributed by atoms with Gasteiger partial charge in [0.05, 0.1) is 6.04 Å². The Bertz CT molecular complexity index is 337. The van der Waals surface area contributed by atoms with Crippen LogP contribution in [0.3, 0.4) is 0 Å². The molecule has 2 amide bonds. The molecular weight excluding hydrogens is 280 g/mol. The van der Waals surface area contributed by atoms with Crippen LogP contribution >= 0.6 is 0 Å². The lowest BCUT2D eigenvalue weighted by Gasteiger charge is -2.19.